The second-order valence-corrected chi connectivity index (χ2v) is 4.95. The Labute approximate surface area is 69.1 Å². The Balaban J connectivity index is 2.33. The molecule has 1 saturated carbocycles. The molecule has 2 rings (SSSR count). The first kappa shape index (κ1) is 7.60. The van der Waals surface area contributed by atoms with Crippen LogP contribution in [0.15, 0.2) is 0 Å². The summed E-state index contributed by atoms with van der Waals surface area (Å²) < 4.78 is 6.05. The van der Waals surface area contributed by atoms with E-state index in [9.17, 15) is 0 Å². The second kappa shape index (κ2) is 1.82. The molecule has 0 radical (unpaired) electrons. The van der Waals surface area contributed by atoms with E-state index in [0.717, 1.165) is 11.8 Å². The van der Waals surface area contributed by atoms with Crippen molar-refractivity contribution in [3.05, 3.63) is 0 Å². The average Bonchev–Trinajstić information content (AvgIpc) is 2.15. The Morgan fingerprint density at radius 2 is 1.91 bits per heavy atom. The van der Waals surface area contributed by atoms with Gasteiger partial charge in [0.2, 0.25) is 0 Å². The molecule has 0 N–H and O–H groups in total. The Morgan fingerprint density at radius 3 is 2.09 bits per heavy atom. The van der Waals surface area contributed by atoms with Gasteiger partial charge in [0.25, 0.3) is 0 Å². The van der Waals surface area contributed by atoms with Crippen molar-refractivity contribution in [3.63, 3.8) is 0 Å². The number of rotatable bonds is 0. The summed E-state index contributed by atoms with van der Waals surface area (Å²) in [5.74, 6) is 1.56. The lowest BCUT2D eigenvalue weighted by Gasteiger charge is -2.33. The van der Waals surface area contributed by atoms with Gasteiger partial charge in [0.15, 0.2) is 0 Å². The number of hydrogen-bond donors (Lipinski definition) is 0. The topological polar surface area (TPSA) is 9.23 Å². The molecule has 0 aromatic rings. The monoisotopic (exact) mass is 154 g/mol. The van der Waals surface area contributed by atoms with Crippen molar-refractivity contribution < 1.29 is 4.74 Å². The third-order valence-electron chi connectivity index (χ3n) is 3.91. The number of hydrogen-bond acceptors (Lipinski definition) is 1. The van der Waals surface area contributed by atoms with Crippen LogP contribution >= 0.6 is 0 Å². The molecule has 1 heteroatoms. The lowest BCUT2D eigenvalue weighted by molar-refractivity contribution is -0.114. The predicted molar refractivity (Wildman–Crippen MR) is 45.5 cm³/mol. The maximum absolute atomic E-state index is 6.05. The van der Waals surface area contributed by atoms with Gasteiger partial charge in [0, 0.05) is 0 Å². The second-order valence-electron chi connectivity index (χ2n) is 4.95. The summed E-state index contributed by atoms with van der Waals surface area (Å²) in [6, 6.07) is 0. The van der Waals surface area contributed by atoms with Gasteiger partial charge in [-0.3, -0.25) is 0 Å². The van der Waals surface area contributed by atoms with Gasteiger partial charge in [-0.25, -0.2) is 0 Å². The predicted octanol–water partition coefficient (Wildman–Crippen LogP) is 2.60. The SMILES string of the molecule is C[C@H]1[C@@H]2CC[C@@]1(C)OC2(C)C. The fourth-order valence-corrected chi connectivity index (χ4v) is 3.12. The van der Waals surface area contributed by atoms with Gasteiger partial charge < -0.3 is 4.74 Å². The van der Waals surface area contributed by atoms with Crippen LogP contribution in [0.3, 0.4) is 0 Å². The lowest BCUT2D eigenvalue weighted by atomic mass is 9.84. The molecular formula is C10H18O. The number of fused-ring (bicyclic) bond motifs is 2. The van der Waals surface area contributed by atoms with E-state index < -0.39 is 0 Å². The maximum atomic E-state index is 6.05. The fraction of sp³-hybridized carbons (Fsp3) is 1.00. The van der Waals surface area contributed by atoms with E-state index in [1.165, 1.54) is 12.8 Å². The molecule has 0 spiro atoms. The Bertz CT molecular complexity index is 185. The zero-order chi connectivity index (χ0) is 8.28. The van der Waals surface area contributed by atoms with Gasteiger partial charge in [0.05, 0.1) is 11.2 Å². The smallest absolute Gasteiger partial charge is 0.0691 e. The van der Waals surface area contributed by atoms with Crippen LogP contribution in [-0.4, -0.2) is 11.2 Å². The first-order valence-corrected chi connectivity index (χ1v) is 4.66. The quantitative estimate of drug-likeness (QED) is 0.521. The largest absolute Gasteiger partial charge is 0.369 e. The minimum absolute atomic E-state index is 0.145. The molecule has 1 aliphatic heterocycles. The van der Waals surface area contributed by atoms with Crippen LogP contribution in [0.25, 0.3) is 0 Å². The highest BCUT2D eigenvalue weighted by molar-refractivity contribution is 5.06. The standard InChI is InChI=1S/C10H18O/c1-7-8-5-6-10(7,4)11-9(8,2)3/h7-8H,5-6H2,1-4H3/t7-,8-,10+/m0/s1. The summed E-state index contributed by atoms with van der Waals surface area (Å²) in [6.45, 7) is 9.08. The van der Waals surface area contributed by atoms with Gasteiger partial charge in [-0.2, -0.15) is 0 Å². The zero-order valence-electron chi connectivity index (χ0n) is 7.98. The van der Waals surface area contributed by atoms with Gasteiger partial charge in [-0.15, -0.1) is 0 Å². The minimum Gasteiger partial charge on any atom is -0.369 e. The molecule has 1 aliphatic carbocycles. The van der Waals surface area contributed by atoms with Crippen LogP contribution in [-0.2, 0) is 4.74 Å². The van der Waals surface area contributed by atoms with Gasteiger partial charge in [-0.05, 0) is 45.4 Å². The van der Waals surface area contributed by atoms with Crippen molar-refractivity contribution in [2.24, 2.45) is 11.8 Å². The highest BCUT2D eigenvalue weighted by Gasteiger charge is 2.58. The van der Waals surface area contributed by atoms with Crippen LogP contribution < -0.4 is 0 Å². The average molecular weight is 154 g/mol. The zero-order valence-corrected chi connectivity index (χ0v) is 7.98. The lowest BCUT2D eigenvalue weighted by Crippen LogP contribution is -2.35. The molecule has 0 aromatic carbocycles. The van der Waals surface area contributed by atoms with Crippen LogP contribution in [0.2, 0.25) is 0 Å². The first-order chi connectivity index (χ1) is 4.96. The van der Waals surface area contributed by atoms with Crippen molar-refractivity contribution in [1.82, 2.24) is 0 Å². The Kier molecular flexibility index (Phi) is 1.26. The molecule has 2 aliphatic rings. The van der Waals surface area contributed by atoms with E-state index >= 15 is 0 Å². The summed E-state index contributed by atoms with van der Waals surface area (Å²) in [5, 5.41) is 0. The third kappa shape index (κ3) is 0.807. The van der Waals surface area contributed by atoms with Crippen molar-refractivity contribution >= 4 is 0 Å². The van der Waals surface area contributed by atoms with E-state index in [4.69, 9.17) is 4.74 Å². The summed E-state index contributed by atoms with van der Waals surface area (Å²) >= 11 is 0. The normalized spacial score (nSPS) is 53.5. The fourth-order valence-electron chi connectivity index (χ4n) is 3.12. The molecular weight excluding hydrogens is 136 g/mol. The van der Waals surface area contributed by atoms with E-state index in [2.05, 4.69) is 27.7 Å². The number of ether oxygens (including phenoxy) is 1. The minimum atomic E-state index is 0.145. The molecule has 11 heavy (non-hydrogen) atoms. The third-order valence-corrected chi connectivity index (χ3v) is 3.91. The van der Waals surface area contributed by atoms with E-state index in [1.807, 2.05) is 0 Å². The van der Waals surface area contributed by atoms with E-state index in [0.29, 0.717) is 0 Å². The van der Waals surface area contributed by atoms with Gasteiger partial charge in [0.1, 0.15) is 0 Å². The van der Waals surface area contributed by atoms with Crippen molar-refractivity contribution in [2.75, 3.05) is 0 Å². The van der Waals surface area contributed by atoms with Crippen LogP contribution in [0.5, 0.6) is 0 Å². The molecule has 1 heterocycles. The molecule has 3 atom stereocenters. The van der Waals surface area contributed by atoms with Crippen LogP contribution in [0.4, 0.5) is 0 Å². The summed E-state index contributed by atoms with van der Waals surface area (Å²) in [5.41, 5.74) is 0.348. The van der Waals surface area contributed by atoms with E-state index in [1.54, 1.807) is 0 Å². The molecule has 0 amide bonds. The molecule has 1 nitrogen and oxygen atoms in total. The molecule has 0 unspecified atom stereocenters. The van der Waals surface area contributed by atoms with Crippen molar-refractivity contribution in [1.29, 1.82) is 0 Å². The molecule has 64 valence electrons. The molecule has 2 bridgehead atoms. The molecule has 1 saturated heterocycles. The molecule has 0 aromatic heterocycles. The first-order valence-electron chi connectivity index (χ1n) is 4.66. The Hall–Kier alpha value is -0.0400. The highest BCUT2D eigenvalue weighted by Crippen LogP contribution is 2.56. The van der Waals surface area contributed by atoms with Gasteiger partial charge in [-0.1, -0.05) is 6.92 Å². The summed E-state index contributed by atoms with van der Waals surface area (Å²) in [4.78, 5) is 0. The van der Waals surface area contributed by atoms with Crippen molar-refractivity contribution in [3.8, 4) is 0 Å². The van der Waals surface area contributed by atoms with Crippen molar-refractivity contribution in [2.45, 2.75) is 51.7 Å². The van der Waals surface area contributed by atoms with Crippen LogP contribution in [0, 0.1) is 11.8 Å². The maximum Gasteiger partial charge on any atom is 0.0691 e. The summed E-state index contributed by atoms with van der Waals surface area (Å²) in [6.07, 6.45) is 2.63. The van der Waals surface area contributed by atoms with E-state index in [-0.39, 0.29) is 11.2 Å². The van der Waals surface area contributed by atoms with Crippen LogP contribution in [0.1, 0.15) is 40.5 Å². The highest BCUT2D eigenvalue weighted by atomic mass is 16.5. The van der Waals surface area contributed by atoms with Gasteiger partial charge >= 0.3 is 0 Å². The molecule has 2 fully saturated rings. The Morgan fingerprint density at radius 1 is 1.27 bits per heavy atom. The summed E-state index contributed by atoms with van der Waals surface area (Å²) in [7, 11) is 0.